The van der Waals surface area contributed by atoms with E-state index >= 15 is 4.39 Å². The SMILES string of the molecule is CN(CCCC(=O)Nc1ccncc1)c1nc(OC[C@@]23CCCN2C[C@H](F)C3)nc2c(F)c(-c3ccc(F)c4sc(N)c(C#N)c34)c(Cl)cc12. The molecule has 0 aliphatic carbocycles. The Kier molecular flexibility index (Phi) is 9.15. The molecule has 2 aliphatic heterocycles. The Morgan fingerprint density at radius 2 is 2.08 bits per heavy atom. The van der Waals surface area contributed by atoms with E-state index in [1.54, 1.807) is 36.5 Å². The van der Waals surface area contributed by atoms with Crippen LogP contribution >= 0.6 is 22.9 Å². The van der Waals surface area contributed by atoms with Crippen LogP contribution in [0.2, 0.25) is 5.02 Å². The van der Waals surface area contributed by atoms with Crippen molar-refractivity contribution in [3.8, 4) is 23.2 Å². The van der Waals surface area contributed by atoms with E-state index in [4.69, 9.17) is 22.1 Å². The molecular weight excluding hydrogens is 689 g/mol. The number of nitriles is 1. The van der Waals surface area contributed by atoms with E-state index in [1.165, 1.54) is 18.2 Å². The van der Waals surface area contributed by atoms with Crippen LogP contribution in [0.1, 0.15) is 37.7 Å². The molecule has 3 N–H and O–H groups in total. The zero-order valence-electron chi connectivity index (χ0n) is 27.0. The summed E-state index contributed by atoms with van der Waals surface area (Å²) in [6.07, 6.45) is 4.84. The van der Waals surface area contributed by atoms with Gasteiger partial charge in [-0.25, -0.2) is 13.2 Å². The number of alkyl halides is 1. The van der Waals surface area contributed by atoms with Crippen LogP contribution in [0.4, 0.5) is 29.7 Å². The number of fused-ring (bicyclic) bond motifs is 3. The number of benzene rings is 2. The maximum atomic E-state index is 16.9. The van der Waals surface area contributed by atoms with Gasteiger partial charge in [0, 0.05) is 67.4 Å². The van der Waals surface area contributed by atoms with Crippen LogP contribution in [0.3, 0.4) is 0 Å². The summed E-state index contributed by atoms with van der Waals surface area (Å²) in [5.74, 6) is -1.29. The first-order chi connectivity index (χ1) is 24.1. The zero-order valence-corrected chi connectivity index (χ0v) is 28.6. The van der Waals surface area contributed by atoms with E-state index in [0.717, 1.165) is 30.7 Å². The molecule has 1 amide bonds. The highest BCUT2D eigenvalue weighted by molar-refractivity contribution is 7.23. The largest absolute Gasteiger partial charge is 0.461 e. The quantitative estimate of drug-likeness (QED) is 0.155. The Labute approximate surface area is 294 Å². The minimum Gasteiger partial charge on any atom is -0.461 e. The molecule has 2 saturated heterocycles. The summed E-state index contributed by atoms with van der Waals surface area (Å²) in [7, 11) is 1.75. The third kappa shape index (κ3) is 6.14. The first-order valence-corrected chi connectivity index (χ1v) is 17.3. The molecule has 5 aromatic rings. The number of carbonyl (C=O) groups excluding carboxylic acids is 1. The van der Waals surface area contributed by atoms with Crippen molar-refractivity contribution in [2.75, 3.05) is 49.2 Å². The average molecular weight is 721 g/mol. The van der Waals surface area contributed by atoms with Crippen molar-refractivity contribution in [3.05, 3.63) is 64.9 Å². The summed E-state index contributed by atoms with van der Waals surface area (Å²) >= 11 is 7.70. The third-order valence-corrected chi connectivity index (χ3v) is 10.8. The molecule has 258 valence electrons. The highest BCUT2D eigenvalue weighted by atomic mass is 35.5. The number of nitrogens with one attached hydrogen (secondary N) is 1. The number of carbonyl (C=O) groups is 1. The van der Waals surface area contributed by atoms with Gasteiger partial charge < -0.3 is 20.7 Å². The number of ether oxygens (including phenoxy) is 1. The van der Waals surface area contributed by atoms with Gasteiger partial charge in [0.25, 0.3) is 0 Å². The first kappa shape index (κ1) is 33.8. The smallest absolute Gasteiger partial charge is 0.319 e. The number of hydrogen-bond donors (Lipinski definition) is 2. The van der Waals surface area contributed by atoms with Crippen LogP contribution in [-0.2, 0) is 4.79 Å². The van der Waals surface area contributed by atoms with Gasteiger partial charge in [0.05, 0.1) is 20.8 Å². The molecule has 0 saturated carbocycles. The Morgan fingerprint density at radius 3 is 2.86 bits per heavy atom. The lowest BCUT2D eigenvalue weighted by Crippen LogP contribution is -2.43. The Bertz CT molecular complexity index is 2160. The minimum atomic E-state index is -0.965. The second kappa shape index (κ2) is 13.5. The molecule has 50 heavy (non-hydrogen) atoms. The molecule has 2 atom stereocenters. The first-order valence-electron chi connectivity index (χ1n) is 16.1. The number of hydrogen-bond acceptors (Lipinski definition) is 10. The van der Waals surface area contributed by atoms with Gasteiger partial charge in [-0.3, -0.25) is 14.7 Å². The summed E-state index contributed by atoms with van der Waals surface area (Å²) in [6.45, 7) is 1.59. The van der Waals surface area contributed by atoms with Crippen LogP contribution in [0.5, 0.6) is 6.01 Å². The number of halogens is 4. The molecular formula is C35H32ClF3N8O2S. The van der Waals surface area contributed by atoms with E-state index in [0.29, 0.717) is 37.4 Å². The van der Waals surface area contributed by atoms with Crippen molar-refractivity contribution in [3.63, 3.8) is 0 Å². The van der Waals surface area contributed by atoms with Crippen molar-refractivity contribution in [1.82, 2.24) is 19.9 Å². The third-order valence-electron chi connectivity index (χ3n) is 9.50. The minimum absolute atomic E-state index is 0.0133. The molecule has 2 aliphatic rings. The highest BCUT2D eigenvalue weighted by Crippen LogP contribution is 2.46. The molecule has 2 aromatic carbocycles. The molecule has 0 spiro atoms. The molecule has 0 bridgehead atoms. The van der Waals surface area contributed by atoms with Crippen LogP contribution in [-0.4, -0.2) is 70.8 Å². The van der Waals surface area contributed by atoms with Gasteiger partial charge in [-0.15, -0.1) is 11.3 Å². The van der Waals surface area contributed by atoms with Crippen molar-refractivity contribution >= 4 is 66.3 Å². The van der Waals surface area contributed by atoms with Gasteiger partial charge in [-0.2, -0.15) is 15.2 Å². The van der Waals surface area contributed by atoms with Crippen LogP contribution in [0.25, 0.3) is 32.1 Å². The van der Waals surface area contributed by atoms with Gasteiger partial charge >= 0.3 is 6.01 Å². The summed E-state index contributed by atoms with van der Waals surface area (Å²) in [4.78, 5) is 29.6. The molecule has 7 rings (SSSR count). The highest BCUT2D eigenvalue weighted by Gasteiger charge is 2.49. The number of rotatable bonds is 10. The fourth-order valence-corrected chi connectivity index (χ4v) is 8.40. The summed E-state index contributed by atoms with van der Waals surface area (Å²) < 4.78 is 52.6. The number of nitrogen functional groups attached to an aromatic ring is 1. The number of nitrogens with two attached hydrogens (primary N) is 1. The molecule has 0 unspecified atom stereocenters. The van der Waals surface area contributed by atoms with Gasteiger partial charge in [0.15, 0.2) is 5.82 Å². The van der Waals surface area contributed by atoms with E-state index in [9.17, 15) is 18.8 Å². The van der Waals surface area contributed by atoms with Crippen molar-refractivity contribution in [2.24, 2.45) is 0 Å². The number of anilines is 3. The van der Waals surface area contributed by atoms with Crippen molar-refractivity contribution in [2.45, 2.75) is 43.8 Å². The van der Waals surface area contributed by atoms with E-state index in [2.05, 4.69) is 25.2 Å². The zero-order chi connectivity index (χ0) is 35.2. The number of amides is 1. The second-order valence-corrected chi connectivity index (χ2v) is 14.2. The number of nitrogens with zero attached hydrogens (tertiary/aromatic N) is 6. The molecule has 3 aromatic heterocycles. The van der Waals surface area contributed by atoms with E-state index in [1.807, 2.05) is 6.07 Å². The fourth-order valence-electron chi connectivity index (χ4n) is 7.16. The van der Waals surface area contributed by atoms with Crippen LogP contribution in [0, 0.1) is 23.0 Å². The molecule has 0 radical (unpaired) electrons. The predicted molar refractivity (Wildman–Crippen MR) is 188 cm³/mol. The maximum absolute atomic E-state index is 16.9. The molecule has 2 fully saturated rings. The maximum Gasteiger partial charge on any atom is 0.319 e. The number of thiophene rings is 1. The monoisotopic (exact) mass is 720 g/mol. The second-order valence-electron chi connectivity index (χ2n) is 12.7. The van der Waals surface area contributed by atoms with Crippen molar-refractivity contribution in [1.29, 1.82) is 5.26 Å². The van der Waals surface area contributed by atoms with Gasteiger partial charge in [0.1, 0.15) is 41.0 Å². The summed E-state index contributed by atoms with van der Waals surface area (Å²) in [5.41, 5.74) is 6.21. The van der Waals surface area contributed by atoms with E-state index in [-0.39, 0.29) is 72.6 Å². The summed E-state index contributed by atoms with van der Waals surface area (Å²) in [6, 6.07) is 9.37. The van der Waals surface area contributed by atoms with Gasteiger partial charge in [-0.05, 0) is 55.6 Å². The molecule has 10 nitrogen and oxygen atoms in total. The van der Waals surface area contributed by atoms with Crippen LogP contribution in [0.15, 0.2) is 42.7 Å². The van der Waals surface area contributed by atoms with Crippen molar-refractivity contribution < 1.29 is 22.7 Å². The normalized spacial score (nSPS) is 18.8. The number of aromatic nitrogens is 3. The lowest BCUT2D eigenvalue weighted by Gasteiger charge is -2.31. The van der Waals surface area contributed by atoms with Crippen LogP contribution < -0.4 is 20.7 Å². The number of pyridine rings is 1. The Hall–Kier alpha value is -4.71. The lowest BCUT2D eigenvalue weighted by atomic mass is 9.95. The van der Waals surface area contributed by atoms with E-state index < -0.39 is 23.3 Å². The fraction of sp³-hybridized carbons (Fsp3) is 0.343. The lowest BCUT2D eigenvalue weighted by molar-refractivity contribution is -0.116. The molecule has 15 heteroatoms. The standard InChI is InChI=1S/C35H32ClF3N8O2S/c1-46(12-2-4-26(48)43-20-7-10-42-11-8-20)33-22-14-24(36)28(21-5-6-25(38)31-27(21)23(16-40)32(41)50-31)29(39)30(22)44-34(45-33)49-18-35-9-3-13-47(35)17-19(37)15-35/h5-8,10-11,14,19H,2-4,9,12-13,15,17-18,41H2,1H3,(H,42,43,48)/t19-,35+/m1/s1. The predicted octanol–water partition coefficient (Wildman–Crippen LogP) is 7.10. The van der Waals surface area contributed by atoms with Gasteiger partial charge in [0.2, 0.25) is 5.91 Å². The summed E-state index contributed by atoms with van der Waals surface area (Å²) in [5, 5.41) is 13.2. The van der Waals surface area contributed by atoms with Gasteiger partial charge in [-0.1, -0.05) is 17.7 Å². The average Bonchev–Trinajstić information content (AvgIpc) is 3.74. The Morgan fingerprint density at radius 1 is 1.28 bits per heavy atom. The molecule has 5 heterocycles. The Balaban J connectivity index is 1.27. The topological polar surface area (TPSA) is 133 Å².